The Labute approximate surface area is 115 Å². The predicted molar refractivity (Wildman–Crippen MR) is 72.6 cm³/mol. The molecule has 0 bridgehead atoms. The lowest BCUT2D eigenvalue weighted by Crippen LogP contribution is -2.35. The quantitative estimate of drug-likeness (QED) is 0.773. The summed E-state index contributed by atoms with van der Waals surface area (Å²) in [4.78, 5) is 24.0. The minimum atomic E-state index is -0.0802. The number of anilines is 1. The van der Waals surface area contributed by atoms with E-state index in [0.717, 1.165) is 17.7 Å². The maximum atomic E-state index is 11.5. The van der Waals surface area contributed by atoms with Crippen LogP contribution in [0.1, 0.15) is 16.1 Å². The number of carbonyl (C=O) groups is 2. The van der Waals surface area contributed by atoms with E-state index in [1.54, 1.807) is 41.9 Å². The number of rotatable bonds is 2. The molecule has 0 aliphatic carbocycles. The van der Waals surface area contributed by atoms with Gasteiger partial charge in [0.05, 0.1) is 22.6 Å². The zero-order valence-corrected chi connectivity index (χ0v) is 11.2. The molecule has 1 amide bonds. The molecule has 1 aromatic heterocycles. The molecule has 0 radical (unpaired) electrons. The fourth-order valence-electron chi connectivity index (χ4n) is 2.13. The van der Waals surface area contributed by atoms with E-state index in [0.29, 0.717) is 17.0 Å². The van der Waals surface area contributed by atoms with Gasteiger partial charge in [-0.1, -0.05) is 0 Å². The third-order valence-corrected chi connectivity index (χ3v) is 3.36. The lowest BCUT2D eigenvalue weighted by Gasteiger charge is -2.26. The molecule has 0 saturated heterocycles. The van der Waals surface area contributed by atoms with Crippen molar-refractivity contribution in [2.45, 2.75) is 6.92 Å². The molecule has 2 aromatic rings. The number of nitrogens with zero attached hydrogens (tertiary/aromatic N) is 3. The third-order valence-electron chi connectivity index (χ3n) is 3.36. The van der Waals surface area contributed by atoms with Gasteiger partial charge in [0, 0.05) is 19.3 Å². The van der Waals surface area contributed by atoms with Crippen LogP contribution in [0.25, 0.3) is 5.69 Å². The van der Waals surface area contributed by atoms with Gasteiger partial charge < -0.3 is 9.64 Å². The summed E-state index contributed by atoms with van der Waals surface area (Å²) in [6.45, 7) is 1.81. The van der Waals surface area contributed by atoms with Gasteiger partial charge in [0.15, 0.2) is 12.9 Å². The number of ether oxygens (including phenoxy) is 1. The topological polar surface area (TPSA) is 64.4 Å². The standard InChI is InChI=1S/C14H13N3O3/c1-9-10(7-18)6-17(15-9)11-3-4-12-13(5-11)20-8-14(19)16(12)2/h3-7H,8H2,1-2H3. The van der Waals surface area contributed by atoms with Crippen LogP contribution in [-0.4, -0.2) is 35.6 Å². The molecule has 1 aliphatic heterocycles. The van der Waals surface area contributed by atoms with Crippen LogP contribution in [-0.2, 0) is 4.79 Å². The highest BCUT2D eigenvalue weighted by atomic mass is 16.5. The molecule has 0 atom stereocenters. The second kappa shape index (κ2) is 4.48. The maximum absolute atomic E-state index is 11.5. The molecule has 0 saturated carbocycles. The summed E-state index contributed by atoms with van der Waals surface area (Å²) in [6.07, 6.45) is 2.45. The first-order valence-corrected chi connectivity index (χ1v) is 6.15. The van der Waals surface area contributed by atoms with Crippen molar-refractivity contribution in [3.8, 4) is 11.4 Å². The van der Waals surface area contributed by atoms with Crippen molar-refractivity contribution in [2.24, 2.45) is 0 Å². The highest BCUT2D eigenvalue weighted by Gasteiger charge is 2.22. The van der Waals surface area contributed by atoms with Crippen LogP contribution in [0.2, 0.25) is 0 Å². The maximum Gasteiger partial charge on any atom is 0.264 e. The molecule has 0 N–H and O–H groups in total. The summed E-state index contributed by atoms with van der Waals surface area (Å²) in [5, 5.41) is 4.28. The molecule has 0 spiro atoms. The minimum absolute atomic E-state index is 0.0324. The highest BCUT2D eigenvalue weighted by Crippen LogP contribution is 2.32. The van der Waals surface area contributed by atoms with Gasteiger partial charge in [0.1, 0.15) is 5.75 Å². The summed E-state index contributed by atoms with van der Waals surface area (Å²) in [5.41, 5.74) is 2.73. The number of aryl methyl sites for hydroxylation is 1. The molecule has 6 heteroatoms. The molecule has 3 rings (SSSR count). The van der Waals surface area contributed by atoms with Crippen molar-refractivity contribution in [1.82, 2.24) is 9.78 Å². The first-order valence-electron chi connectivity index (χ1n) is 6.15. The Morgan fingerprint density at radius 1 is 1.40 bits per heavy atom. The van der Waals surface area contributed by atoms with Gasteiger partial charge >= 0.3 is 0 Å². The Kier molecular flexibility index (Phi) is 2.78. The first kappa shape index (κ1) is 12.4. The number of amides is 1. The second-order valence-electron chi connectivity index (χ2n) is 4.63. The Hall–Kier alpha value is -2.63. The van der Waals surface area contributed by atoms with Crippen LogP contribution in [0.3, 0.4) is 0 Å². The van der Waals surface area contributed by atoms with Gasteiger partial charge in [-0.2, -0.15) is 5.10 Å². The van der Waals surface area contributed by atoms with Gasteiger partial charge in [0.25, 0.3) is 5.91 Å². The number of carbonyl (C=O) groups excluding carboxylic acids is 2. The van der Waals surface area contributed by atoms with Gasteiger partial charge in [0.2, 0.25) is 0 Å². The molecule has 2 heterocycles. The second-order valence-corrected chi connectivity index (χ2v) is 4.63. The van der Waals surface area contributed by atoms with Gasteiger partial charge in [-0.15, -0.1) is 0 Å². The lowest BCUT2D eigenvalue weighted by molar-refractivity contribution is -0.120. The number of aldehydes is 1. The summed E-state index contributed by atoms with van der Waals surface area (Å²) in [5.74, 6) is 0.550. The molecule has 102 valence electrons. The van der Waals surface area contributed by atoms with Crippen LogP contribution < -0.4 is 9.64 Å². The molecular formula is C14H13N3O3. The summed E-state index contributed by atoms with van der Waals surface area (Å²) < 4.78 is 7.05. The van der Waals surface area contributed by atoms with E-state index in [1.165, 1.54) is 0 Å². The van der Waals surface area contributed by atoms with Crippen LogP contribution in [0.4, 0.5) is 5.69 Å². The highest BCUT2D eigenvalue weighted by molar-refractivity contribution is 5.97. The molecule has 0 fully saturated rings. The first-order chi connectivity index (χ1) is 9.60. The zero-order valence-electron chi connectivity index (χ0n) is 11.2. The minimum Gasteiger partial charge on any atom is -0.481 e. The van der Waals surface area contributed by atoms with Crippen LogP contribution >= 0.6 is 0 Å². The summed E-state index contributed by atoms with van der Waals surface area (Å²) >= 11 is 0. The third kappa shape index (κ3) is 1.85. The molecule has 20 heavy (non-hydrogen) atoms. The molecule has 0 unspecified atom stereocenters. The van der Waals surface area contributed by atoms with E-state index in [1.807, 2.05) is 6.07 Å². The van der Waals surface area contributed by atoms with Crippen molar-refractivity contribution in [1.29, 1.82) is 0 Å². The Morgan fingerprint density at radius 3 is 2.90 bits per heavy atom. The number of likely N-dealkylation sites (N-methyl/N-ethyl adjacent to an activating group) is 1. The van der Waals surface area contributed by atoms with Gasteiger partial charge in [-0.05, 0) is 19.1 Å². The summed E-state index contributed by atoms with van der Waals surface area (Å²) in [7, 11) is 1.71. The van der Waals surface area contributed by atoms with Gasteiger partial charge in [-0.3, -0.25) is 9.59 Å². The van der Waals surface area contributed by atoms with E-state index in [4.69, 9.17) is 4.74 Å². The fraction of sp³-hybridized carbons (Fsp3) is 0.214. The molecule has 6 nitrogen and oxygen atoms in total. The van der Waals surface area contributed by atoms with Crippen LogP contribution in [0.5, 0.6) is 5.75 Å². The lowest BCUT2D eigenvalue weighted by atomic mass is 10.2. The van der Waals surface area contributed by atoms with Crippen LogP contribution in [0, 0.1) is 6.92 Å². The average molecular weight is 271 g/mol. The molecule has 1 aliphatic rings. The van der Waals surface area contributed by atoms with Crippen LogP contribution in [0.15, 0.2) is 24.4 Å². The molecular weight excluding hydrogens is 258 g/mol. The van der Waals surface area contributed by atoms with E-state index in [2.05, 4.69) is 5.10 Å². The smallest absolute Gasteiger partial charge is 0.264 e. The Balaban J connectivity index is 2.04. The average Bonchev–Trinajstić information content (AvgIpc) is 2.84. The normalized spacial score (nSPS) is 13.9. The van der Waals surface area contributed by atoms with Gasteiger partial charge in [-0.25, -0.2) is 4.68 Å². The number of fused-ring (bicyclic) bond motifs is 1. The van der Waals surface area contributed by atoms with Crippen molar-refractivity contribution >= 4 is 17.9 Å². The molecule has 1 aromatic carbocycles. The monoisotopic (exact) mass is 271 g/mol. The van der Waals surface area contributed by atoms with Crippen molar-refractivity contribution < 1.29 is 14.3 Å². The van der Waals surface area contributed by atoms with Crippen molar-refractivity contribution in [3.63, 3.8) is 0 Å². The Bertz CT molecular complexity index is 706. The number of benzene rings is 1. The van der Waals surface area contributed by atoms with E-state index >= 15 is 0 Å². The van der Waals surface area contributed by atoms with E-state index < -0.39 is 0 Å². The summed E-state index contributed by atoms with van der Waals surface area (Å²) in [6, 6.07) is 5.44. The largest absolute Gasteiger partial charge is 0.481 e. The number of hydrogen-bond acceptors (Lipinski definition) is 4. The van der Waals surface area contributed by atoms with Crippen molar-refractivity contribution in [2.75, 3.05) is 18.6 Å². The zero-order chi connectivity index (χ0) is 14.3. The Morgan fingerprint density at radius 2 is 2.20 bits per heavy atom. The number of aromatic nitrogens is 2. The SMILES string of the molecule is Cc1nn(-c2ccc3c(c2)OCC(=O)N3C)cc1C=O. The van der Waals surface area contributed by atoms with E-state index in [9.17, 15) is 9.59 Å². The van der Waals surface area contributed by atoms with Crippen molar-refractivity contribution in [3.05, 3.63) is 35.7 Å². The fourth-order valence-corrected chi connectivity index (χ4v) is 2.13. The number of hydrogen-bond donors (Lipinski definition) is 0. The van der Waals surface area contributed by atoms with E-state index in [-0.39, 0.29) is 12.5 Å². The predicted octanol–water partition coefficient (Wildman–Crippen LogP) is 1.35.